The van der Waals surface area contributed by atoms with Crippen molar-refractivity contribution in [3.8, 4) is 0 Å². The van der Waals surface area contributed by atoms with Crippen molar-refractivity contribution in [2.75, 3.05) is 26.4 Å². The van der Waals surface area contributed by atoms with Gasteiger partial charge in [-0.15, -0.1) is 0 Å². The average molecular weight is 897 g/mol. The van der Waals surface area contributed by atoms with Gasteiger partial charge in [-0.1, -0.05) is 185 Å². The van der Waals surface area contributed by atoms with Crippen LogP contribution < -0.4 is 0 Å². The molecule has 2 N–H and O–H groups in total. The first kappa shape index (κ1) is 59.4. The van der Waals surface area contributed by atoms with Crippen molar-refractivity contribution in [3.63, 3.8) is 0 Å². The molecule has 0 aromatic heterocycles. The minimum absolute atomic E-state index is 0.142. The number of aliphatic hydroxyl groups excluding tert-OH is 1. The Morgan fingerprint density at radius 3 is 1.29 bits per heavy atom. The predicted molar refractivity (Wildman–Crippen MR) is 252 cm³/mol. The molecule has 0 saturated heterocycles. The van der Waals surface area contributed by atoms with Gasteiger partial charge in [0.15, 0.2) is 6.10 Å². The fraction of sp³-hybridized carbons (Fsp3) is 0.780. The molecule has 12 heteroatoms. The van der Waals surface area contributed by atoms with Gasteiger partial charge in [-0.3, -0.25) is 23.4 Å². The quantitative estimate of drug-likeness (QED) is 0.0197. The molecule has 0 aliphatic carbocycles. The second kappa shape index (κ2) is 45.0. The van der Waals surface area contributed by atoms with E-state index in [0.29, 0.717) is 19.3 Å². The molecule has 0 radical (unpaired) electrons. The number of allylic oxidation sites excluding steroid dienone is 8. The van der Waals surface area contributed by atoms with Crippen LogP contribution in [0.3, 0.4) is 0 Å². The number of esters is 3. The van der Waals surface area contributed by atoms with E-state index >= 15 is 0 Å². The molecule has 0 bridgehead atoms. The van der Waals surface area contributed by atoms with Gasteiger partial charge in [0.05, 0.1) is 19.8 Å². The molecule has 0 fully saturated rings. The van der Waals surface area contributed by atoms with E-state index in [0.717, 1.165) is 89.9 Å². The molecule has 0 rings (SSSR count). The molecule has 3 atom stereocenters. The number of ether oxygens (including phenoxy) is 3. The highest BCUT2D eigenvalue weighted by atomic mass is 31.2. The second-order valence-electron chi connectivity index (χ2n) is 16.3. The molecule has 360 valence electrons. The lowest BCUT2D eigenvalue weighted by atomic mass is 10.1. The van der Waals surface area contributed by atoms with Gasteiger partial charge in [0.2, 0.25) is 0 Å². The number of hydrogen-bond donors (Lipinski definition) is 2. The maximum atomic E-state index is 12.8. The summed E-state index contributed by atoms with van der Waals surface area (Å²) in [4.78, 5) is 48.0. The number of phosphoric acid groups is 1. The average Bonchev–Trinajstić information content (AvgIpc) is 3.25. The zero-order chi connectivity index (χ0) is 45.6. The summed E-state index contributed by atoms with van der Waals surface area (Å²) in [7, 11) is -4.73. The Hall–Kier alpha value is -2.56. The Kier molecular flexibility index (Phi) is 43.2. The Labute approximate surface area is 377 Å². The molecule has 0 saturated carbocycles. The smallest absolute Gasteiger partial charge is 0.462 e. The summed E-state index contributed by atoms with van der Waals surface area (Å²) in [6.07, 6.45) is 43.9. The van der Waals surface area contributed by atoms with E-state index in [1.807, 2.05) is 0 Å². The number of aliphatic hydroxyl groups is 1. The zero-order valence-corrected chi connectivity index (χ0v) is 40.2. The van der Waals surface area contributed by atoms with Crippen LogP contribution in [0.2, 0.25) is 0 Å². The van der Waals surface area contributed by atoms with Crippen LogP contribution in [0.1, 0.15) is 213 Å². The van der Waals surface area contributed by atoms with E-state index < -0.39 is 57.8 Å². The first-order valence-electron chi connectivity index (χ1n) is 24.5. The normalized spacial score (nSPS) is 14.0. The van der Waals surface area contributed by atoms with E-state index in [2.05, 4.69) is 69.4 Å². The van der Waals surface area contributed by atoms with Crippen molar-refractivity contribution in [2.45, 2.75) is 226 Å². The molecular weight excluding hydrogens is 808 g/mol. The molecular formula is C50H89O11P. The number of carbonyl (C=O) groups excluding carboxylic acids is 3. The first-order chi connectivity index (χ1) is 30.2. The minimum Gasteiger partial charge on any atom is -0.462 e. The second-order valence-corrected chi connectivity index (χ2v) is 17.7. The predicted octanol–water partition coefficient (Wildman–Crippen LogP) is 13.5. The molecule has 3 unspecified atom stereocenters. The highest BCUT2D eigenvalue weighted by Crippen LogP contribution is 2.43. The van der Waals surface area contributed by atoms with Gasteiger partial charge >= 0.3 is 25.7 Å². The lowest BCUT2D eigenvalue weighted by Gasteiger charge is -2.21. The summed E-state index contributed by atoms with van der Waals surface area (Å²) >= 11 is 0. The van der Waals surface area contributed by atoms with Gasteiger partial charge in [-0.2, -0.15) is 0 Å². The van der Waals surface area contributed by atoms with Crippen molar-refractivity contribution in [1.82, 2.24) is 0 Å². The fourth-order valence-electron chi connectivity index (χ4n) is 6.52. The minimum atomic E-state index is -4.73. The van der Waals surface area contributed by atoms with Gasteiger partial charge in [-0.05, 0) is 57.8 Å². The van der Waals surface area contributed by atoms with Crippen molar-refractivity contribution in [1.29, 1.82) is 0 Å². The van der Waals surface area contributed by atoms with E-state index in [4.69, 9.17) is 23.3 Å². The molecule has 11 nitrogen and oxygen atoms in total. The van der Waals surface area contributed by atoms with Crippen LogP contribution in [0, 0.1) is 0 Å². The van der Waals surface area contributed by atoms with Crippen LogP contribution in [0.15, 0.2) is 48.6 Å². The molecule has 0 spiro atoms. The molecule has 0 heterocycles. The van der Waals surface area contributed by atoms with E-state index in [1.165, 1.54) is 64.2 Å². The third-order valence-electron chi connectivity index (χ3n) is 10.3. The van der Waals surface area contributed by atoms with Crippen molar-refractivity contribution in [2.24, 2.45) is 0 Å². The van der Waals surface area contributed by atoms with Gasteiger partial charge in [0, 0.05) is 19.3 Å². The third kappa shape index (κ3) is 42.7. The number of hydrogen-bond acceptors (Lipinski definition) is 10. The van der Waals surface area contributed by atoms with Crippen LogP contribution in [0.5, 0.6) is 0 Å². The largest absolute Gasteiger partial charge is 0.472 e. The Bertz CT molecular complexity index is 1230. The van der Waals surface area contributed by atoms with Crippen LogP contribution in [0.25, 0.3) is 0 Å². The van der Waals surface area contributed by atoms with Crippen molar-refractivity contribution in [3.05, 3.63) is 48.6 Å². The summed E-state index contributed by atoms with van der Waals surface area (Å²) < 4.78 is 39.1. The summed E-state index contributed by atoms with van der Waals surface area (Å²) in [6.45, 7) is 4.44. The SMILES string of the molecule is CC/C=C\C/C=C\C/C=C\C/C=C\CCCCCCC(=O)OC(COC(=O)CCCCCCCCCCC)COP(=O)(O)OCC(CO)OC(=O)CCCCCCCCCCC. The van der Waals surface area contributed by atoms with E-state index in [1.54, 1.807) is 0 Å². The van der Waals surface area contributed by atoms with Gasteiger partial charge in [0.25, 0.3) is 0 Å². The maximum absolute atomic E-state index is 12.8. The molecule has 0 aromatic rings. The zero-order valence-electron chi connectivity index (χ0n) is 39.3. The number of unbranched alkanes of at least 4 members (excludes halogenated alkanes) is 20. The monoisotopic (exact) mass is 897 g/mol. The van der Waals surface area contributed by atoms with Gasteiger partial charge in [-0.25, -0.2) is 4.57 Å². The third-order valence-corrected chi connectivity index (χ3v) is 11.2. The molecule has 0 aliphatic rings. The highest BCUT2D eigenvalue weighted by molar-refractivity contribution is 7.47. The summed E-state index contributed by atoms with van der Waals surface area (Å²) in [5.74, 6) is -1.49. The first-order valence-corrected chi connectivity index (χ1v) is 26.0. The van der Waals surface area contributed by atoms with Gasteiger partial charge in [0.1, 0.15) is 12.7 Å². The van der Waals surface area contributed by atoms with Crippen LogP contribution in [0.4, 0.5) is 0 Å². The van der Waals surface area contributed by atoms with Crippen LogP contribution in [-0.4, -0.2) is 66.5 Å². The molecule has 0 aromatic carbocycles. The van der Waals surface area contributed by atoms with Gasteiger partial charge < -0.3 is 24.2 Å². The lowest BCUT2D eigenvalue weighted by molar-refractivity contribution is -0.161. The molecule has 0 aliphatic heterocycles. The van der Waals surface area contributed by atoms with Crippen molar-refractivity contribution >= 4 is 25.7 Å². The van der Waals surface area contributed by atoms with E-state index in [-0.39, 0.29) is 25.9 Å². The number of carbonyl (C=O) groups is 3. The highest BCUT2D eigenvalue weighted by Gasteiger charge is 2.28. The fourth-order valence-corrected chi connectivity index (χ4v) is 7.31. The van der Waals surface area contributed by atoms with E-state index in [9.17, 15) is 28.9 Å². The van der Waals surface area contributed by atoms with Crippen LogP contribution >= 0.6 is 7.82 Å². The number of phosphoric ester groups is 1. The topological polar surface area (TPSA) is 155 Å². The summed E-state index contributed by atoms with van der Waals surface area (Å²) in [6, 6.07) is 0. The molecule has 0 amide bonds. The standard InChI is InChI=1S/C50H89O11P/c1-4-7-10-13-16-19-20-21-22-23-24-25-26-29-32-35-38-41-50(54)61-47(43-57-48(52)39-36-33-30-27-17-14-11-8-5-2)45-59-62(55,56)58-44-46(42-51)60-49(53)40-37-34-31-28-18-15-12-9-6-3/h7,10,16,19,21-22,24-25,46-47,51H,4-6,8-9,11-15,17-18,20,23,26-45H2,1-3H3,(H,55,56)/b10-7-,19-16-,22-21-,25-24-. The lowest BCUT2D eigenvalue weighted by Crippen LogP contribution is -2.30. The Morgan fingerprint density at radius 2 is 0.839 bits per heavy atom. The van der Waals surface area contributed by atoms with Crippen molar-refractivity contribution < 1.29 is 52.2 Å². The van der Waals surface area contributed by atoms with Crippen LogP contribution in [-0.2, 0) is 42.2 Å². The Balaban J connectivity index is 4.76. The summed E-state index contributed by atoms with van der Waals surface area (Å²) in [5.41, 5.74) is 0. The molecule has 62 heavy (non-hydrogen) atoms. The summed E-state index contributed by atoms with van der Waals surface area (Å²) in [5, 5.41) is 9.72. The maximum Gasteiger partial charge on any atom is 0.472 e. The number of rotatable bonds is 45. The Morgan fingerprint density at radius 1 is 0.468 bits per heavy atom.